The van der Waals surface area contributed by atoms with Crippen LogP contribution in [0.15, 0.2) is 24.3 Å². The fourth-order valence-electron chi connectivity index (χ4n) is 3.63. The number of carbonyl (C=O) groups is 1. The molecule has 1 aliphatic heterocycles. The van der Waals surface area contributed by atoms with Gasteiger partial charge in [-0.1, -0.05) is 26.0 Å². The van der Waals surface area contributed by atoms with Gasteiger partial charge in [0.15, 0.2) is 0 Å². The highest BCUT2D eigenvalue weighted by Gasteiger charge is 2.57. The number of carbonyl (C=O) groups excluding carboxylic acids is 1. The van der Waals surface area contributed by atoms with Crippen molar-refractivity contribution in [3.8, 4) is 5.75 Å². The van der Waals surface area contributed by atoms with Crippen molar-refractivity contribution < 1.29 is 9.53 Å². The summed E-state index contributed by atoms with van der Waals surface area (Å²) in [5, 5.41) is 0. The number of hydrogen-bond donors (Lipinski definition) is 0. The zero-order valence-electron chi connectivity index (χ0n) is 11.8. The Balaban J connectivity index is 1.73. The molecule has 1 saturated heterocycles. The van der Waals surface area contributed by atoms with Gasteiger partial charge in [-0.25, -0.2) is 0 Å². The summed E-state index contributed by atoms with van der Waals surface area (Å²) in [6.45, 7) is 5.22. The van der Waals surface area contributed by atoms with Crippen LogP contribution in [0.25, 0.3) is 0 Å². The molecule has 3 heteroatoms. The van der Waals surface area contributed by atoms with E-state index in [9.17, 15) is 4.79 Å². The van der Waals surface area contributed by atoms with Crippen molar-refractivity contribution in [2.24, 2.45) is 17.8 Å². The first kappa shape index (κ1) is 12.5. The standard InChI is InChI=1S/C16H21NO2/c1-10-8-14(18)17(16-11(2)15(10)16)9-12-4-6-13(19-3)7-5-12/h4-7,10-11,15-16H,8-9H2,1-3H3. The highest BCUT2D eigenvalue weighted by molar-refractivity contribution is 5.78. The Morgan fingerprint density at radius 1 is 1.26 bits per heavy atom. The van der Waals surface area contributed by atoms with Crippen molar-refractivity contribution in [2.45, 2.75) is 32.9 Å². The summed E-state index contributed by atoms with van der Waals surface area (Å²) in [6.07, 6.45) is 0.710. The molecule has 1 saturated carbocycles. The summed E-state index contributed by atoms with van der Waals surface area (Å²) < 4.78 is 5.16. The molecular weight excluding hydrogens is 238 g/mol. The number of amides is 1. The highest BCUT2D eigenvalue weighted by Crippen LogP contribution is 2.52. The van der Waals surface area contributed by atoms with Crippen LogP contribution < -0.4 is 4.74 Å². The number of likely N-dealkylation sites (tertiary alicyclic amines) is 1. The smallest absolute Gasteiger partial charge is 0.223 e. The summed E-state index contributed by atoms with van der Waals surface area (Å²) in [4.78, 5) is 14.3. The maximum absolute atomic E-state index is 12.2. The van der Waals surface area contributed by atoms with Crippen LogP contribution in [0, 0.1) is 17.8 Å². The van der Waals surface area contributed by atoms with Gasteiger partial charge in [-0.05, 0) is 35.4 Å². The summed E-state index contributed by atoms with van der Waals surface area (Å²) in [5.74, 6) is 3.11. The van der Waals surface area contributed by atoms with E-state index in [0.717, 1.165) is 18.2 Å². The molecule has 19 heavy (non-hydrogen) atoms. The molecule has 102 valence electrons. The van der Waals surface area contributed by atoms with E-state index in [0.29, 0.717) is 30.2 Å². The first-order chi connectivity index (χ1) is 9.11. The van der Waals surface area contributed by atoms with E-state index in [1.54, 1.807) is 7.11 Å². The van der Waals surface area contributed by atoms with Crippen LogP contribution in [0.4, 0.5) is 0 Å². The van der Waals surface area contributed by atoms with Crippen molar-refractivity contribution >= 4 is 5.91 Å². The first-order valence-electron chi connectivity index (χ1n) is 7.04. The van der Waals surface area contributed by atoms with E-state index in [1.165, 1.54) is 5.56 Å². The summed E-state index contributed by atoms with van der Waals surface area (Å²) in [5.41, 5.74) is 1.18. The number of ether oxygens (including phenoxy) is 1. The number of benzene rings is 1. The second-order valence-corrected chi connectivity index (χ2v) is 5.98. The molecule has 3 nitrogen and oxygen atoms in total. The Labute approximate surface area is 114 Å². The molecule has 1 amide bonds. The molecular formula is C16H21NO2. The molecule has 2 aliphatic rings. The molecule has 0 aromatic heterocycles. The highest BCUT2D eigenvalue weighted by atomic mass is 16.5. The summed E-state index contributed by atoms with van der Waals surface area (Å²) >= 11 is 0. The van der Waals surface area contributed by atoms with Gasteiger partial charge in [0.2, 0.25) is 5.91 Å². The molecule has 1 aromatic rings. The number of methoxy groups -OCH3 is 1. The normalized spacial score (nSPS) is 33.0. The Bertz CT molecular complexity index is 482. The lowest BCUT2D eigenvalue weighted by Gasteiger charge is -2.29. The fraction of sp³-hybridized carbons (Fsp3) is 0.562. The van der Waals surface area contributed by atoms with Crippen LogP contribution in [0.2, 0.25) is 0 Å². The largest absolute Gasteiger partial charge is 0.497 e. The van der Waals surface area contributed by atoms with Gasteiger partial charge in [0.05, 0.1) is 7.11 Å². The molecule has 0 radical (unpaired) electrons. The SMILES string of the molecule is COc1ccc(CN2C(=O)CC(C)C3C(C)C32)cc1. The first-order valence-corrected chi connectivity index (χ1v) is 7.04. The minimum absolute atomic E-state index is 0.314. The average molecular weight is 259 g/mol. The van der Waals surface area contributed by atoms with E-state index in [1.807, 2.05) is 24.3 Å². The number of rotatable bonds is 3. The molecule has 0 spiro atoms. The quantitative estimate of drug-likeness (QED) is 0.835. The molecule has 0 N–H and O–H groups in total. The maximum Gasteiger partial charge on any atom is 0.223 e. The lowest BCUT2D eigenvalue weighted by Crippen LogP contribution is -2.39. The Hall–Kier alpha value is -1.51. The lowest BCUT2D eigenvalue weighted by atomic mass is 9.96. The van der Waals surface area contributed by atoms with Gasteiger partial charge < -0.3 is 9.64 Å². The molecule has 2 fully saturated rings. The van der Waals surface area contributed by atoms with E-state index < -0.39 is 0 Å². The van der Waals surface area contributed by atoms with Crippen molar-refractivity contribution in [3.05, 3.63) is 29.8 Å². The molecule has 1 heterocycles. The monoisotopic (exact) mass is 259 g/mol. The van der Waals surface area contributed by atoms with Crippen LogP contribution in [-0.2, 0) is 11.3 Å². The molecule has 4 unspecified atom stereocenters. The molecule has 4 atom stereocenters. The van der Waals surface area contributed by atoms with Gasteiger partial charge in [-0.3, -0.25) is 4.79 Å². The summed E-state index contributed by atoms with van der Waals surface area (Å²) in [7, 11) is 1.67. The molecule has 0 bridgehead atoms. The van der Waals surface area contributed by atoms with Crippen LogP contribution in [0.5, 0.6) is 5.75 Å². The molecule has 1 aromatic carbocycles. The lowest BCUT2D eigenvalue weighted by molar-refractivity contribution is -0.136. The van der Waals surface area contributed by atoms with Crippen molar-refractivity contribution in [3.63, 3.8) is 0 Å². The van der Waals surface area contributed by atoms with Gasteiger partial charge in [-0.2, -0.15) is 0 Å². The molecule has 1 aliphatic carbocycles. The van der Waals surface area contributed by atoms with Crippen LogP contribution in [0.1, 0.15) is 25.8 Å². The van der Waals surface area contributed by atoms with Gasteiger partial charge in [0, 0.05) is 19.0 Å². The third-order valence-electron chi connectivity index (χ3n) is 4.75. The average Bonchev–Trinajstić information content (AvgIpc) is 3.07. The van der Waals surface area contributed by atoms with Crippen molar-refractivity contribution in [1.82, 2.24) is 4.90 Å². The Morgan fingerprint density at radius 2 is 1.95 bits per heavy atom. The number of hydrogen-bond acceptors (Lipinski definition) is 2. The topological polar surface area (TPSA) is 29.5 Å². The second kappa shape index (κ2) is 4.55. The Kier molecular flexibility index (Phi) is 3.00. The van der Waals surface area contributed by atoms with E-state index in [4.69, 9.17) is 4.74 Å². The van der Waals surface area contributed by atoms with E-state index >= 15 is 0 Å². The van der Waals surface area contributed by atoms with E-state index in [2.05, 4.69) is 18.7 Å². The number of piperidine rings is 1. The third kappa shape index (κ3) is 2.11. The van der Waals surface area contributed by atoms with Crippen LogP contribution in [0.3, 0.4) is 0 Å². The van der Waals surface area contributed by atoms with Crippen molar-refractivity contribution in [2.75, 3.05) is 7.11 Å². The van der Waals surface area contributed by atoms with Gasteiger partial charge in [0.25, 0.3) is 0 Å². The van der Waals surface area contributed by atoms with Crippen LogP contribution >= 0.6 is 0 Å². The second-order valence-electron chi connectivity index (χ2n) is 5.98. The van der Waals surface area contributed by atoms with Gasteiger partial charge in [0.1, 0.15) is 5.75 Å². The predicted molar refractivity (Wildman–Crippen MR) is 73.8 cm³/mol. The molecule has 3 rings (SSSR count). The maximum atomic E-state index is 12.2. The zero-order valence-corrected chi connectivity index (χ0v) is 11.8. The zero-order chi connectivity index (χ0) is 13.6. The van der Waals surface area contributed by atoms with E-state index in [-0.39, 0.29) is 0 Å². The number of fused-ring (bicyclic) bond motifs is 1. The summed E-state index contributed by atoms with van der Waals surface area (Å²) in [6, 6.07) is 8.48. The Morgan fingerprint density at radius 3 is 2.58 bits per heavy atom. The van der Waals surface area contributed by atoms with Crippen LogP contribution in [-0.4, -0.2) is 24.0 Å². The third-order valence-corrected chi connectivity index (χ3v) is 4.75. The van der Waals surface area contributed by atoms with Gasteiger partial charge in [-0.15, -0.1) is 0 Å². The minimum Gasteiger partial charge on any atom is -0.497 e. The van der Waals surface area contributed by atoms with Gasteiger partial charge >= 0.3 is 0 Å². The minimum atomic E-state index is 0.314. The predicted octanol–water partition coefficient (Wildman–Crippen LogP) is 2.70. The fourth-order valence-corrected chi connectivity index (χ4v) is 3.63. The number of nitrogens with zero attached hydrogens (tertiary/aromatic N) is 1. The van der Waals surface area contributed by atoms with Crippen molar-refractivity contribution in [1.29, 1.82) is 0 Å².